The number of nitrogens with zero attached hydrogens (tertiary/aromatic N) is 3. The molecule has 4 aliphatic rings. The van der Waals surface area contributed by atoms with E-state index in [9.17, 15) is 9.59 Å². The smallest absolute Gasteiger partial charge is 0.258 e. The Morgan fingerprint density at radius 3 is 2.52 bits per heavy atom. The Morgan fingerprint density at radius 1 is 1.29 bits per heavy atom. The summed E-state index contributed by atoms with van der Waals surface area (Å²) in [5.41, 5.74) is -0.262. The van der Waals surface area contributed by atoms with Crippen molar-refractivity contribution in [3.63, 3.8) is 0 Å². The number of rotatable bonds is 8. The van der Waals surface area contributed by atoms with Crippen LogP contribution in [0.4, 0.5) is 0 Å². The second-order valence-corrected chi connectivity index (χ2v) is 10.6. The molecule has 1 amide bonds. The van der Waals surface area contributed by atoms with Crippen molar-refractivity contribution in [2.75, 3.05) is 6.61 Å². The van der Waals surface area contributed by atoms with E-state index < -0.39 is 5.54 Å². The fraction of sp³-hybridized carbons (Fsp3) is 0.708. The highest BCUT2D eigenvalue weighted by molar-refractivity contribution is 5.96. The van der Waals surface area contributed by atoms with Crippen LogP contribution in [0.5, 0.6) is 5.88 Å². The zero-order valence-corrected chi connectivity index (χ0v) is 19.0. The molecule has 1 aromatic heterocycles. The molecule has 4 aliphatic carbocycles. The molecule has 168 valence electrons. The number of amides is 1. The van der Waals surface area contributed by atoms with Crippen LogP contribution in [0, 0.1) is 29.6 Å². The standard InChI is InChI=1S/C24H34N4O3/c1-15(2)13-31-23-20(12-26-28(23)6-5-24(3,4)25-14-29)22(30)27-21-18-8-16-7-17(10-18)11-19(21)9-16/h5-6,12,15-19,21H,7-11,13H2,1-4H3,(H,27,30)/b6-5+. The summed E-state index contributed by atoms with van der Waals surface area (Å²) in [6.45, 7) is 8.20. The number of hydrogen-bond donors (Lipinski definition) is 1. The van der Waals surface area contributed by atoms with Gasteiger partial charge in [-0.1, -0.05) is 13.8 Å². The minimum atomic E-state index is -0.716. The first-order valence-corrected chi connectivity index (χ1v) is 11.5. The highest BCUT2D eigenvalue weighted by Crippen LogP contribution is 2.53. The maximum atomic E-state index is 13.3. The maximum Gasteiger partial charge on any atom is 0.258 e. The maximum absolute atomic E-state index is 13.3. The summed E-state index contributed by atoms with van der Waals surface area (Å²) in [6.07, 6.45) is 13.0. The van der Waals surface area contributed by atoms with E-state index in [1.807, 2.05) is 0 Å². The van der Waals surface area contributed by atoms with Gasteiger partial charge in [-0.25, -0.2) is 9.48 Å². The Morgan fingerprint density at radius 2 is 1.94 bits per heavy atom. The summed E-state index contributed by atoms with van der Waals surface area (Å²) in [5.74, 6) is 3.58. The third-order valence-corrected chi connectivity index (χ3v) is 7.03. The van der Waals surface area contributed by atoms with Gasteiger partial charge >= 0.3 is 0 Å². The van der Waals surface area contributed by atoms with Crippen LogP contribution in [-0.2, 0) is 4.79 Å². The van der Waals surface area contributed by atoms with E-state index >= 15 is 0 Å². The van der Waals surface area contributed by atoms with Crippen molar-refractivity contribution >= 4 is 18.2 Å². The van der Waals surface area contributed by atoms with Gasteiger partial charge in [0.15, 0.2) is 0 Å². The second-order valence-electron chi connectivity index (χ2n) is 10.6. The molecule has 5 rings (SSSR count). The summed E-state index contributed by atoms with van der Waals surface area (Å²) >= 11 is 0. The molecule has 0 aromatic carbocycles. The van der Waals surface area contributed by atoms with Crippen molar-refractivity contribution in [3.8, 4) is 5.88 Å². The molecule has 0 saturated heterocycles. The Labute approximate surface area is 184 Å². The lowest BCUT2D eigenvalue weighted by molar-refractivity contribution is -0.0120. The number of carbonyl (C=O) groups excluding carboxylic acids is 2. The molecular formula is C24H34N4O3. The van der Waals surface area contributed by atoms with E-state index in [0.29, 0.717) is 35.8 Å². The number of aromatic nitrogens is 2. The molecule has 0 spiro atoms. The number of ether oxygens (including phenoxy) is 1. The van der Waals surface area contributed by atoms with Gasteiger partial charge in [0.25, 0.3) is 5.91 Å². The van der Waals surface area contributed by atoms with Gasteiger partial charge in [-0.05, 0) is 81.6 Å². The van der Waals surface area contributed by atoms with Crippen LogP contribution in [0.1, 0.15) is 70.2 Å². The molecule has 1 aromatic rings. The first-order valence-electron chi connectivity index (χ1n) is 11.5. The molecule has 1 N–H and O–H groups in total. The Balaban J connectivity index is 1.54. The lowest BCUT2D eigenvalue weighted by Gasteiger charge is -2.54. The van der Waals surface area contributed by atoms with Gasteiger partial charge in [-0.15, -0.1) is 0 Å². The zero-order chi connectivity index (χ0) is 22.2. The molecule has 31 heavy (non-hydrogen) atoms. The summed E-state index contributed by atoms with van der Waals surface area (Å²) < 4.78 is 7.56. The third kappa shape index (κ3) is 4.77. The van der Waals surface area contributed by atoms with Crippen molar-refractivity contribution in [3.05, 3.63) is 17.8 Å². The average Bonchev–Trinajstić information content (AvgIpc) is 3.10. The van der Waals surface area contributed by atoms with E-state index in [-0.39, 0.29) is 11.9 Å². The summed E-state index contributed by atoms with van der Waals surface area (Å²) in [4.78, 5) is 27.7. The fourth-order valence-corrected chi connectivity index (χ4v) is 5.80. The summed E-state index contributed by atoms with van der Waals surface area (Å²) in [5, 5.41) is 7.71. The van der Waals surface area contributed by atoms with Crippen LogP contribution < -0.4 is 10.1 Å². The van der Waals surface area contributed by atoms with Gasteiger partial charge in [0.05, 0.1) is 18.3 Å². The van der Waals surface area contributed by atoms with Gasteiger partial charge in [-0.3, -0.25) is 4.79 Å². The lowest BCUT2D eigenvalue weighted by Crippen LogP contribution is -2.55. The van der Waals surface area contributed by atoms with Gasteiger partial charge < -0.3 is 10.1 Å². The molecule has 7 nitrogen and oxygen atoms in total. The van der Waals surface area contributed by atoms with Crippen LogP contribution >= 0.6 is 0 Å². The van der Waals surface area contributed by atoms with E-state index in [0.717, 1.165) is 11.8 Å². The van der Waals surface area contributed by atoms with Gasteiger partial charge in [0.1, 0.15) is 5.56 Å². The van der Waals surface area contributed by atoms with Crippen LogP contribution in [0.2, 0.25) is 0 Å². The molecule has 0 atom stereocenters. The lowest BCUT2D eigenvalue weighted by atomic mass is 9.54. The minimum Gasteiger partial charge on any atom is -0.477 e. The van der Waals surface area contributed by atoms with E-state index in [2.05, 4.69) is 29.3 Å². The number of isocyanates is 1. The van der Waals surface area contributed by atoms with Crippen molar-refractivity contribution in [2.45, 2.75) is 71.4 Å². The number of hydrogen-bond acceptors (Lipinski definition) is 5. The monoisotopic (exact) mass is 426 g/mol. The molecule has 4 saturated carbocycles. The number of aliphatic imine (C=N–C) groups is 1. The van der Waals surface area contributed by atoms with Gasteiger partial charge in [0.2, 0.25) is 12.0 Å². The summed E-state index contributed by atoms with van der Waals surface area (Å²) in [7, 11) is 0. The SMILES string of the molecule is CC(C)COc1c(C(=O)NC2C3CC4CC(C3)CC2C4)cnn1/C=C/C(C)(C)N=C=O. The van der Waals surface area contributed by atoms with Crippen molar-refractivity contribution in [2.24, 2.45) is 34.6 Å². The first kappa shape index (κ1) is 21.8. The zero-order valence-electron chi connectivity index (χ0n) is 19.0. The van der Waals surface area contributed by atoms with E-state index in [4.69, 9.17) is 4.74 Å². The number of nitrogens with one attached hydrogen (secondary N) is 1. The van der Waals surface area contributed by atoms with Crippen molar-refractivity contribution < 1.29 is 14.3 Å². The third-order valence-electron chi connectivity index (χ3n) is 7.03. The largest absolute Gasteiger partial charge is 0.477 e. The quantitative estimate of drug-likeness (QED) is 0.502. The number of carbonyl (C=O) groups is 1. The van der Waals surface area contributed by atoms with Crippen LogP contribution in [0.3, 0.4) is 0 Å². The molecule has 4 fully saturated rings. The van der Waals surface area contributed by atoms with E-state index in [1.165, 1.54) is 32.1 Å². The Kier molecular flexibility index (Phi) is 6.07. The normalized spacial score (nSPS) is 29.4. The van der Waals surface area contributed by atoms with E-state index in [1.54, 1.807) is 43.1 Å². The molecule has 1 heterocycles. The Bertz CT molecular complexity index is 867. The minimum absolute atomic E-state index is 0.110. The average molecular weight is 427 g/mol. The molecule has 0 radical (unpaired) electrons. The molecule has 4 bridgehead atoms. The van der Waals surface area contributed by atoms with Crippen LogP contribution in [-0.4, -0.2) is 40.0 Å². The summed E-state index contributed by atoms with van der Waals surface area (Å²) in [6, 6.07) is 0.262. The predicted molar refractivity (Wildman–Crippen MR) is 118 cm³/mol. The first-order chi connectivity index (χ1) is 14.8. The molecular weight excluding hydrogens is 392 g/mol. The topological polar surface area (TPSA) is 85.6 Å². The van der Waals surface area contributed by atoms with Crippen molar-refractivity contribution in [1.82, 2.24) is 15.1 Å². The molecule has 0 unspecified atom stereocenters. The van der Waals surface area contributed by atoms with Crippen LogP contribution in [0.25, 0.3) is 6.20 Å². The highest BCUT2D eigenvalue weighted by Gasteiger charge is 2.48. The van der Waals surface area contributed by atoms with Crippen LogP contribution in [0.15, 0.2) is 17.3 Å². The highest BCUT2D eigenvalue weighted by atomic mass is 16.5. The van der Waals surface area contributed by atoms with Crippen molar-refractivity contribution in [1.29, 1.82) is 0 Å². The fourth-order valence-electron chi connectivity index (χ4n) is 5.80. The Hall–Kier alpha value is -2.40. The molecule has 7 heteroatoms. The second kappa shape index (κ2) is 8.62. The predicted octanol–water partition coefficient (Wildman–Crippen LogP) is 4.06. The molecule has 0 aliphatic heterocycles. The van der Waals surface area contributed by atoms with Gasteiger partial charge in [0, 0.05) is 12.2 Å². The van der Waals surface area contributed by atoms with Gasteiger partial charge in [-0.2, -0.15) is 10.1 Å².